The second kappa shape index (κ2) is 16.6. The summed E-state index contributed by atoms with van der Waals surface area (Å²) < 4.78 is 0. The normalized spacial score (nSPS) is 14.5. The Hall–Kier alpha value is -2.03. The molecule has 0 spiro atoms. The maximum atomic E-state index is 12.7. The number of carboxylic acid groups (broad SMARTS) is 1. The van der Waals surface area contributed by atoms with E-state index in [0.717, 1.165) is 0 Å². The quantitative estimate of drug-likeness (QED) is 0.0792. The van der Waals surface area contributed by atoms with Crippen molar-refractivity contribution in [2.24, 2.45) is 17.2 Å². The number of unbranched alkanes of at least 4 members (excludes halogenated alkanes) is 1. The minimum Gasteiger partial charge on any atom is -0.480 e. The van der Waals surface area contributed by atoms with Gasteiger partial charge < -0.3 is 38.3 Å². The molecule has 0 aromatic carbocycles. The molecule has 0 saturated heterocycles. The molecule has 14 heteroatoms. The number of rotatable bonds is 17. The zero-order chi connectivity index (χ0) is 24.7. The number of thiol groups is 1. The minimum atomic E-state index is -1.36. The third-order valence-electron chi connectivity index (χ3n) is 4.38. The predicted octanol–water partition coefficient (Wildman–Crippen LogP) is -2.46. The van der Waals surface area contributed by atoms with E-state index in [2.05, 4.69) is 28.6 Å². The van der Waals surface area contributed by atoms with Crippen LogP contribution in [0.4, 0.5) is 0 Å². The molecule has 4 amide bonds. The molecule has 0 aliphatic heterocycles. The van der Waals surface area contributed by atoms with Gasteiger partial charge in [0, 0.05) is 5.75 Å². The van der Waals surface area contributed by atoms with Gasteiger partial charge in [-0.05, 0) is 44.2 Å². The van der Waals surface area contributed by atoms with E-state index < -0.39 is 60.2 Å². The van der Waals surface area contributed by atoms with Crippen LogP contribution in [0.1, 0.15) is 32.1 Å². The number of hydrogen-bond acceptors (Lipinski definition) is 9. The van der Waals surface area contributed by atoms with Crippen LogP contribution in [0.15, 0.2) is 0 Å². The Labute approximate surface area is 196 Å². The topological polar surface area (TPSA) is 220 Å². The monoisotopic (exact) mass is 494 g/mol. The van der Waals surface area contributed by atoms with Gasteiger partial charge in [0.1, 0.15) is 18.1 Å². The van der Waals surface area contributed by atoms with Crippen molar-refractivity contribution in [2.75, 3.05) is 24.3 Å². The van der Waals surface area contributed by atoms with Crippen molar-refractivity contribution in [1.82, 2.24) is 16.0 Å². The maximum absolute atomic E-state index is 12.7. The van der Waals surface area contributed by atoms with Gasteiger partial charge in [-0.2, -0.15) is 24.4 Å². The van der Waals surface area contributed by atoms with Crippen molar-refractivity contribution in [2.45, 2.75) is 56.3 Å². The highest BCUT2D eigenvalue weighted by molar-refractivity contribution is 7.98. The second-order valence-corrected chi connectivity index (χ2v) is 8.40. The predicted molar refractivity (Wildman–Crippen MR) is 125 cm³/mol. The Morgan fingerprint density at radius 1 is 0.938 bits per heavy atom. The van der Waals surface area contributed by atoms with Crippen LogP contribution in [0, 0.1) is 0 Å². The van der Waals surface area contributed by atoms with Crippen LogP contribution < -0.4 is 33.2 Å². The molecule has 0 radical (unpaired) electrons. The molecule has 4 unspecified atom stereocenters. The Balaban J connectivity index is 5.44. The molecule has 0 rings (SSSR count). The number of carbonyl (C=O) groups is 5. The fraction of sp³-hybridized carbons (Fsp3) is 0.722. The van der Waals surface area contributed by atoms with Crippen molar-refractivity contribution in [3.05, 3.63) is 0 Å². The Morgan fingerprint density at radius 2 is 1.50 bits per heavy atom. The first kappa shape index (κ1) is 30.0. The van der Waals surface area contributed by atoms with E-state index in [1.54, 1.807) is 0 Å². The zero-order valence-electron chi connectivity index (χ0n) is 18.0. The first-order chi connectivity index (χ1) is 15.1. The first-order valence-corrected chi connectivity index (χ1v) is 12.1. The van der Waals surface area contributed by atoms with Gasteiger partial charge in [-0.1, -0.05) is 0 Å². The molecule has 0 saturated carbocycles. The number of hydrogen-bond donors (Lipinski definition) is 8. The number of amides is 4. The molecule has 0 bridgehead atoms. The lowest BCUT2D eigenvalue weighted by atomic mass is 10.1. The molecule has 0 aliphatic carbocycles. The summed E-state index contributed by atoms with van der Waals surface area (Å²) in [7, 11) is 0. The number of nitrogens with two attached hydrogens (primary N) is 3. The largest absolute Gasteiger partial charge is 0.480 e. The van der Waals surface area contributed by atoms with Crippen LogP contribution in [-0.4, -0.2) is 83.2 Å². The van der Waals surface area contributed by atoms with Crippen LogP contribution in [-0.2, 0) is 24.0 Å². The number of primary amides is 1. The van der Waals surface area contributed by atoms with E-state index in [1.807, 2.05) is 6.26 Å². The van der Waals surface area contributed by atoms with Gasteiger partial charge in [-0.3, -0.25) is 19.2 Å². The molecule has 0 heterocycles. The fourth-order valence-electron chi connectivity index (χ4n) is 2.57. The Kier molecular flexibility index (Phi) is 15.5. The summed E-state index contributed by atoms with van der Waals surface area (Å²) in [6.07, 6.45) is 2.73. The summed E-state index contributed by atoms with van der Waals surface area (Å²) >= 11 is 5.34. The lowest BCUT2D eigenvalue weighted by Gasteiger charge is -2.24. The minimum absolute atomic E-state index is 0.00743. The van der Waals surface area contributed by atoms with Gasteiger partial charge in [0.2, 0.25) is 23.6 Å². The summed E-state index contributed by atoms with van der Waals surface area (Å²) in [5.41, 5.74) is 16.2. The Bertz CT molecular complexity index is 653. The smallest absolute Gasteiger partial charge is 0.326 e. The molecule has 10 N–H and O–H groups in total. The fourth-order valence-corrected chi connectivity index (χ4v) is 3.21. The third kappa shape index (κ3) is 12.1. The van der Waals surface area contributed by atoms with Crippen LogP contribution >= 0.6 is 24.4 Å². The average Bonchev–Trinajstić information content (AvgIpc) is 2.73. The average molecular weight is 495 g/mol. The number of carboxylic acids is 1. The van der Waals surface area contributed by atoms with Crippen molar-refractivity contribution < 1.29 is 29.1 Å². The molecule has 0 fully saturated rings. The summed E-state index contributed by atoms with van der Waals surface area (Å²) in [4.78, 5) is 60.3. The van der Waals surface area contributed by atoms with E-state index in [-0.39, 0.29) is 18.6 Å². The second-order valence-electron chi connectivity index (χ2n) is 7.05. The molecular formula is C18H34N6O6S2. The number of aliphatic carboxylic acids is 1. The van der Waals surface area contributed by atoms with Crippen LogP contribution in [0.3, 0.4) is 0 Å². The number of nitrogens with one attached hydrogen (secondary N) is 3. The zero-order valence-corrected chi connectivity index (χ0v) is 19.8. The van der Waals surface area contributed by atoms with E-state index >= 15 is 0 Å². The summed E-state index contributed by atoms with van der Waals surface area (Å²) in [6, 6.07) is -4.60. The van der Waals surface area contributed by atoms with E-state index in [1.165, 1.54) is 11.8 Å². The van der Waals surface area contributed by atoms with Crippen molar-refractivity contribution >= 4 is 54.0 Å². The van der Waals surface area contributed by atoms with Crippen molar-refractivity contribution in [3.8, 4) is 0 Å². The highest BCUT2D eigenvalue weighted by Crippen LogP contribution is 2.06. The first-order valence-electron chi connectivity index (χ1n) is 10.0. The number of carbonyl (C=O) groups excluding carboxylic acids is 4. The molecule has 0 aromatic rings. The van der Waals surface area contributed by atoms with Crippen LogP contribution in [0.5, 0.6) is 0 Å². The van der Waals surface area contributed by atoms with Gasteiger partial charge >= 0.3 is 5.97 Å². The maximum Gasteiger partial charge on any atom is 0.326 e. The van der Waals surface area contributed by atoms with Crippen molar-refractivity contribution in [3.63, 3.8) is 0 Å². The van der Waals surface area contributed by atoms with Gasteiger partial charge in [-0.15, -0.1) is 0 Å². The molecular weight excluding hydrogens is 460 g/mol. The third-order valence-corrected chi connectivity index (χ3v) is 5.41. The van der Waals surface area contributed by atoms with E-state index in [9.17, 15) is 29.1 Å². The summed E-state index contributed by atoms with van der Waals surface area (Å²) in [5.74, 6) is -3.76. The SMILES string of the molecule is CSCCC(NC(=O)C(CCCCN)NC(=O)C(CC(N)=O)NC(=O)C(N)CS)C(=O)O. The van der Waals surface area contributed by atoms with Gasteiger partial charge in [0.05, 0.1) is 12.5 Å². The molecule has 0 aliphatic rings. The molecule has 4 atom stereocenters. The molecule has 184 valence electrons. The van der Waals surface area contributed by atoms with E-state index in [4.69, 9.17) is 17.2 Å². The van der Waals surface area contributed by atoms with Gasteiger partial charge in [-0.25, -0.2) is 4.79 Å². The summed E-state index contributed by atoms with van der Waals surface area (Å²) in [5, 5.41) is 16.6. The van der Waals surface area contributed by atoms with Crippen LogP contribution in [0.2, 0.25) is 0 Å². The standard InChI is InChI=1S/C18H34N6O6S2/c1-32-7-5-12(18(29)30)23-16(27)11(4-2-3-6-19)22-17(28)13(8-14(21)25)24-15(26)10(20)9-31/h10-13,31H,2-9,19-20H2,1H3,(H2,21,25)(H,22,28)(H,23,27)(H,24,26)(H,29,30). The lowest BCUT2D eigenvalue weighted by molar-refractivity contribution is -0.142. The van der Waals surface area contributed by atoms with Gasteiger partial charge in [0.25, 0.3) is 0 Å². The highest BCUT2D eigenvalue weighted by atomic mass is 32.2. The van der Waals surface area contributed by atoms with Crippen LogP contribution in [0.25, 0.3) is 0 Å². The number of thioether (sulfide) groups is 1. The molecule has 32 heavy (non-hydrogen) atoms. The highest BCUT2D eigenvalue weighted by Gasteiger charge is 2.30. The summed E-state index contributed by atoms with van der Waals surface area (Å²) in [6.45, 7) is 0.371. The van der Waals surface area contributed by atoms with Gasteiger partial charge in [0.15, 0.2) is 0 Å². The molecule has 0 aromatic heterocycles. The van der Waals surface area contributed by atoms with Crippen molar-refractivity contribution in [1.29, 1.82) is 0 Å². The molecule has 12 nitrogen and oxygen atoms in total. The van der Waals surface area contributed by atoms with E-state index in [0.29, 0.717) is 25.1 Å². The lowest BCUT2D eigenvalue weighted by Crippen LogP contribution is -2.58. The Morgan fingerprint density at radius 3 is 2.00 bits per heavy atom.